The van der Waals surface area contributed by atoms with Crippen LogP contribution in [0, 0.1) is 21.4 Å². The summed E-state index contributed by atoms with van der Waals surface area (Å²) in [6.45, 7) is 0.577. The number of aromatic nitrogens is 3. The van der Waals surface area contributed by atoms with E-state index in [1.54, 1.807) is 10.7 Å². The first kappa shape index (κ1) is 17.9. The van der Waals surface area contributed by atoms with Crippen LogP contribution < -0.4 is 11.1 Å². The van der Waals surface area contributed by atoms with Gasteiger partial charge in [-0.3, -0.25) is 10.1 Å². The van der Waals surface area contributed by atoms with Crippen molar-refractivity contribution in [3.63, 3.8) is 0 Å². The lowest BCUT2D eigenvalue weighted by Gasteiger charge is -2.04. The summed E-state index contributed by atoms with van der Waals surface area (Å²) >= 11 is 0. The summed E-state index contributed by atoms with van der Waals surface area (Å²) in [7, 11) is 0. The molecule has 1 aromatic carbocycles. The highest BCUT2D eigenvalue weighted by molar-refractivity contribution is 5.56. The molecule has 0 atom stereocenters. The van der Waals surface area contributed by atoms with Crippen LogP contribution in [0.2, 0.25) is 0 Å². The first-order valence-corrected chi connectivity index (χ1v) is 8.27. The third-order valence-corrected chi connectivity index (χ3v) is 3.96. The van der Waals surface area contributed by atoms with Gasteiger partial charge < -0.3 is 11.1 Å². The number of hydrogen-bond donors (Lipinski definition) is 2. The quantitative estimate of drug-likeness (QED) is 0.374. The van der Waals surface area contributed by atoms with Crippen LogP contribution >= 0.6 is 0 Å². The summed E-state index contributed by atoms with van der Waals surface area (Å²) in [5.74, 6) is 0.874. The molecule has 9 heteroatoms. The topological polar surface area (TPSA) is 136 Å². The van der Waals surface area contributed by atoms with Crippen LogP contribution in [0.4, 0.5) is 17.3 Å². The molecule has 0 saturated carbocycles. The molecule has 2 heterocycles. The average molecular weight is 363 g/mol. The Hall–Kier alpha value is -3.93. The van der Waals surface area contributed by atoms with E-state index < -0.39 is 4.92 Å². The molecule has 3 N–H and O–H groups in total. The zero-order chi connectivity index (χ0) is 19.2. The third kappa shape index (κ3) is 4.01. The molecule has 27 heavy (non-hydrogen) atoms. The fourth-order valence-corrected chi connectivity index (χ4v) is 2.61. The number of nitrogen functional groups attached to an aromatic ring is 1. The van der Waals surface area contributed by atoms with Gasteiger partial charge in [-0.2, -0.15) is 10.4 Å². The van der Waals surface area contributed by atoms with Gasteiger partial charge in [-0.1, -0.05) is 18.2 Å². The number of pyridine rings is 1. The number of para-hydroxylation sites is 1. The van der Waals surface area contributed by atoms with Gasteiger partial charge in [0.05, 0.1) is 16.3 Å². The Bertz CT molecular complexity index is 975. The first-order valence-electron chi connectivity index (χ1n) is 8.27. The molecule has 136 valence electrons. The molecular formula is C18H17N7O2. The normalized spacial score (nSPS) is 10.3. The molecule has 3 rings (SSSR count). The monoisotopic (exact) mass is 363 g/mol. The fourth-order valence-electron chi connectivity index (χ4n) is 2.61. The van der Waals surface area contributed by atoms with Gasteiger partial charge in [0.25, 0.3) is 5.69 Å². The van der Waals surface area contributed by atoms with Gasteiger partial charge >= 0.3 is 0 Å². The maximum absolute atomic E-state index is 10.6. The van der Waals surface area contributed by atoms with Crippen molar-refractivity contribution in [2.75, 3.05) is 17.6 Å². The van der Waals surface area contributed by atoms with Crippen molar-refractivity contribution in [1.82, 2.24) is 14.8 Å². The number of nitrogens with zero attached hydrogens (tertiary/aromatic N) is 5. The second-order valence-corrected chi connectivity index (χ2v) is 5.76. The lowest BCUT2D eigenvalue weighted by Crippen LogP contribution is -2.05. The summed E-state index contributed by atoms with van der Waals surface area (Å²) < 4.78 is 1.57. The maximum atomic E-state index is 10.6. The zero-order valence-corrected chi connectivity index (χ0v) is 14.4. The van der Waals surface area contributed by atoms with Crippen molar-refractivity contribution in [2.45, 2.75) is 12.8 Å². The number of nitrogens with one attached hydrogen (secondary N) is 1. The van der Waals surface area contributed by atoms with Crippen LogP contribution in [0.3, 0.4) is 0 Å². The summed E-state index contributed by atoms with van der Waals surface area (Å²) in [5.41, 5.74) is 7.84. The van der Waals surface area contributed by atoms with E-state index in [-0.39, 0.29) is 5.69 Å². The lowest BCUT2D eigenvalue weighted by atomic mass is 10.1. The Morgan fingerprint density at radius 3 is 2.67 bits per heavy atom. The lowest BCUT2D eigenvalue weighted by molar-refractivity contribution is -0.385. The van der Waals surface area contributed by atoms with Crippen molar-refractivity contribution < 1.29 is 4.92 Å². The van der Waals surface area contributed by atoms with E-state index in [0.717, 1.165) is 5.69 Å². The maximum Gasteiger partial charge on any atom is 0.287 e. The van der Waals surface area contributed by atoms with Crippen LogP contribution in [-0.2, 0) is 6.42 Å². The standard InChI is InChI=1S/C18H17N7O2/c19-11-15-16(23-24(18(15)20)13-5-2-1-3-6-13)7-4-10-21-17-9-8-14(12-22-17)25(26)27/h1-3,5-6,8-9,12H,4,7,10,20H2,(H,21,22). The largest absolute Gasteiger partial charge is 0.382 e. The van der Waals surface area contributed by atoms with Crippen LogP contribution in [0.25, 0.3) is 5.69 Å². The molecule has 0 spiro atoms. The Morgan fingerprint density at radius 1 is 1.26 bits per heavy atom. The van der Waals surface area contributed by atoms with Crippen molar-refractivity contribution >= 4 is 17.3 Å². The summed E-state index contributed by atoms with van der Waals surface area (Å²) in [5, 5.41) is 27.6. The highest BCUT2D eigenvalue weighted by Gasteiger charge is 2.16. The van der Waals surface area contributed by atoms with Gasteiger partial charge in [0.2, 0.25) is 0 Å². The predicted molar refractivity (Wildman–Crippen MR) is 100 cm³/mol. The van der Waals surface area contributed by atoms with Crippen LogP contribution in [-0.4, -0.2) is 26.2 Å². The van der Waals surface area contributed by atoms with Gasteiger partial charge in [0.15, 0.2) is 0 Å². The number of nitro groups is 1. The predicted octanol–water partition coefficient (Wildman–Crippen LogP) is 2.67. The Kier molecular flexibility index (Phi) is 5.28. The molecule has 0 bridgehead atoms. The van der Waals surface area contributed by atoms with Crippen molar-refractivity contribution in [3.8, 4) is 11.8 Å². The molecule has 0 unspecified atom stereocenters. The Morgan fingerprint density at radius 2 is 2.04 bits per heavy atom. The van der Waals surface area contributed by atoms with E-state index in [2.05, 4.69) is 21.5 Å². The van der Waals surface area contributed by atoms with Crippen molar-refractivity contribution in [3.05, 3.63) is 70.0 Å². The molecule has 0 aliphatic heterocycles. The Balaban J connectivity index is 1.63. The first-order chi connectivity index (χ1) is 13.1. The average Bonchev–Trinajstić information content (AvgIpc) is 3.01. The molecule has 2 aromatic heterocycles. The zero-order valence-electron chi connectivity index (χ0n) is 14.4. The summed E-state index contributed by atoms with van der Waals surface area (Å²) in [4.78, 5) is 14.1. The van der Waals surface area contributed by atoms with Crippen LogP contribution in [0.1, 0.15) is 17.7 Å². The number of aryl methyl sites for hydroxylation is 1. The van der Waals surface area contributed by atoms with E-state index in [1.807, 2.05) is 30.3 Å². The molecule has 0 radical (unpaired) electrons. The molecule has 0 fully saturated rings. The highest BCUT2D eigenvalue weighted by Crippen LogP contribution is 2.21. The third-order valence-electron chi connectivity index (χ3n) is 3.96. The minimum absolute atomic E-state index is 0.0545. The minimum atomic E-state index is -0.492. The van der Waals surface area contributed by atoms with Crippen LogP contribution in [0.15, 0.2) is 48.7 Å². The van der Waals surface area contributed by atoms with Crippen molar-refractivity contribution in [1.29, 1.82) is 5.26 Å². The van der Waals surface area contributed by atoms with E-state index in [9.17, 15) is 15.4 Å². The number of nitriles is 1. The van der Waals surface area contributed by atoms with Gasteiger partial charge in [-0.05, 0) is 31.0 Å². The molecular weight excluding hydrogens is 346 g/mol. The van der Waals surface area contributed by atoms with Gasteiger partial charge in [0.1, 0.15) is 29.5 Å². The highest BCUT2D eigenvalue weighted by atomic mass is 16.6. The number of nitrogens with two attached hydrogens (primary N) is 1. The number of anilines is 2. The number of rotatable bonds is 7. The van der Waals surface area contributed by atoms with Crippen molar-refractivity contribution in [2.24, 2.45) is 0 Å². The second kappa shape index (κ2) is 7.97. The number of hydrogen-bond acceptors (Lipinski definition) is 7. The van der Waals surface area contributed by atoms with E-state index in [0.29, 0.717) is 42.3 Å². The molecule has 0 aliphatic carbocycles. The summed E-state index contributed by atoms with van der Waals surface area (Å²) in [6.07, 6.45) is 2.46. The molecule has 0 aliphatic rings. The minimum Gasteiger partial charge on any atom is -0.382 e. The number of benzene rings is 1. The Labute approximate surface area is 155 Å². The SMILES string of the molecule is N#Cc1c(CCCNc2ccc([N+](=O)[O-])cn2)nn(-c2ccccc2)c1N. The molecule has 3 aromatic rings. The van der Waals surface area contributed by atoms with E-state index in [4.69, 9.17) is 5.73 Å². The summed E-state index contributed by atoms with van der Waals surface area (Å²) in [6, 6.07) is 14.5. The van der Waals surface area contributed by atoms with Crippen LogP contribution in [0.5, 0.6) is 0 Å². The van der Waals surface area contributed by atoms with Gasteiger partial charge in [0, 0.05) is 12.6 Å². The smallest absolute Gasteiger partial charge is 0.287 e. The van der Waals surface area contributed by atoms with Gasteiger partial charge in [-0.15, -0.1) is 0 Å². The second-order valence-electron chi connectivity index (χ2n) is 5.76. The molecule has 9 nitrogen and oxygen atoms in total. The van der Waals surface area contributed by atoms with Gasteiger partial charge in [-0.25, -0.2) is 9.67 Å². The van der Waals surface area contributed by atoms with E-state index in [1.165, 1.54) is 12.3 Å². The molecule has 0 amide bonds. The van der Waals surface area contributed by atoms with E-state index >= 15 is 0 Å². The fraction of sp³-hybridized carbons (Fsp3) is 0.167. The molecule has 0 saturated heterocycles.